The van der Waals surface area contributed by atoms with Crippen LogP contribution >= 0.6 is 24.0 Å². The molecule has 0 radical (unpaired) electrons. The molecule has 3 aromatic carbocycles. The van der Waals surface area contributed by atoms with Crippen LogP contribution in [0.5, 0.6) is 11.6 Å². The highest BCUT2D eigenvalue weighted by molar-refractivity contribution is 7.90. The summed E-state index contributed by atoms with van der Waals surface area (Å²) in [7, 11) is -4.66. The summed E-state index contributed by atoms with van der Waals surface area (Å²) in [6, 6.07) is 19.5. The minimum absolute atomic E-state index is 0. The Kier molecular flexibility index (Phi) is 13.3. The second-order valence-electron chi connectivity index (χ2n) is 18.2. The van der Waals surface area contributed by atoms with Crippen molar-refractivity contribution in [1.82, 2.24) is 19.6 Å². The summed E-state index contributed by atoms with van der Waals surface area (Å²) in [5, 5.41) is 17.2. The number of benzene rings is 3. The fourth-order valence-corrected chi connectivity index (χ4v) is 11.2. The van der Waals surface area contributed by atoms with Crippen molar-refractivity contribution < 1.29 is 32.3 Å². The molecule has 5 aliphatic rings. The number of nitro groups is 1. The van der Waals surface area contributed by atoms with Crippen LogP contribution < -0.4 is 29.3 Å². The number of amides is 1. The SMILES string of the molecule is CC1CCC(CN2CCN(c3ccc(C(=O)NS(=O)(=O)c4cc5c(c([N+](=O)[O-])c4)N[C@H](C4CCOCC4)CO5)c(N4C[C@@H](C)Oc5nc6[nH]ccc6cc54)c3)CC2)=C(c2ccc(Cl)cc2)C1.Cl. The number of H-pyrrole nitrogens is 1. The molecule has 1 unspecified atom stereocenters. The van der Waals surface area contributed by atoms with Gasteiger partial charge in [-0.2, -0.15) is 4.98 Å². The number of hydrogen-bond donors (Lipinski definition) is 3. The minimum atomic E-state index is -4.66. The smallest absolute Gasteiger partial charge is 0.297 e. The molecule has 2 saturated heterocycles. The third kappa shape index (κ3) is 9.61. The summed E-state index contributed by atoms with van der Waals surface area (Å²) in [5.41, 5.74) is 6.50. The summed E-state index contributed by atoms with van der Waals surface area (Å²) in [4.78, 5) is 40.4. The molecule has 1 amide bonds. The molecule has 5 aromatic rings. The molecule has 10 rings (SSSR count). The molecule has 1 aliphatic carbocycles. The van der Waals surface area contributed by atoms with Gasteiger partial charge in [0.05, 0.1) is 33.7 Å². The van der Waals surface area contributed by atoms with Gasteiger partial charge >= 0.3 is 0 Å². The Morgan fingerprint density at radius 2 is 1.76 bits per heavy atom. The fourth-order valence-electron chi connectivity index (χ4n) is 10.1. The average Bonchev–Trinajstić information content (AvgIpc) is 3.78. The van der Waals surface area contributed by atoms with Crippen molar-refractivity contribution in [3.05, 3.63) is 105 Å². The van der Waals surface area contributed by atoms with Crippen LogP contribution in [0.2, 0.25) is 5.02 Å². The number of halogens is 2. The number of allylic oxidation sites excluding steroid dienone is 1. The van der Waals surface area contributed by atoms with E-state index in [1.165, 1.54) is 29.2 Å². The first-order valence-corrected chi connectivity index (χ1v) is 24.6. The van der Waals surface area contributed by atoms with E-state index in [9.17, 15) is 23.3 Å². The van der Waals surface area contributed by atoms with E-state index in [2.05, 4.69) is 43.9 Å². The number of aromatic amines is 1. The number of sulfonamides is 1. The van der Waals surface area contributed by atoms with Gasteiger partial charge in [0.2, 0.25) is 5.88 Å². The van der Waals surface area contributed by atoms with E-state index in [1.54, 1.807) is 12.3 Å². The lowest BCUT2D eigenvalue weighted by molar-refractivity contribution is -0.384. The first-order chi connectivity index (χ1) is 31.9. The number of piperazine rings is 1. The first kappa shape index (κ1) is 46.5. The maximum Gasteiger partial charge on any atom is 0.297 e. The number of fused-ring (bicyclic) bond motifs is 3. The van der Waals surface area contributed by atoms with E-state index in [4.69, 9.17) is 30.8 Å². The van der Waals surface area contributed by atoms with Gasteiger partial charge in [-0.25, -0.2) is 13.1 Å². The Labute approximate surface area is 400 Å². The van der Waals surface area contributed by atoms with E-state index in [0.717, 1.165) is 80.6 Å². The number of nitro benzene ring substituents is 1. The van der Waals surface area contributed by atoms with Gasteiger partial charge < -0.3 is 34.3 Å². The molecule has 3 atom stereocenters. The maximum absolute atomic E-state index is 14.5. The summed E-state index contributed by atoms with van der Waals surface area (Å²) in [6.07, 6.45) is 6.28. The predicted octanol–water partition coefficient (Wildman–Crippen LogP) is 8.58. The van der Waals surface area contributed by atoms with E-state index in [1.807, 2.05) is 48.2 Å². The Morgan fingerprint density at radius 1 is 0.985 bits per heavy atom. The molecular formula is C48H54Cl2N8O8S. The number of hydrogen-bond acceptors (Lipinski definition) is 13. The number of aromatic nitrogens is 2. The molecular weight excluding hydrogens is 920 g/mol. The van der Waals surface area contributed by atoms with Crippen LogP contribution in [0, 0.1) is 22.0 Å². The van der Waals surface area contributed by atoms with E-state index >= 15 is 0 Å². The molecule has 0 bridgehead atoms. The van der Waals surface area contributed by atoms with Crippen molar-refractivity contribution in [3.8, 4) is 11.6 Å². The number of pyridine rings is 1. The van der Waals surface area contributed by atoms with Crippen LogP contribution in [-0.2, 0) is 14.8 Å². The molecule has 6 heterocycles. The Hall–Kier alpha value is -5.59. The third-order valence-corrected chi connectivity index (χ3v) is 15.2. The number of rotatable bonds is 10. The highest BCUT2D eigenvalue weighted by Crippen LogP contribution is 2.44. The number of nitrogens with zero attached hydrogens (tertiary/aromatic N) is 5. The van der Waals surface area contributed by atoms with Crippen LogP contribution in [-0.4, -0.2) is 105 Å². The average molecular weight is 974 g/mol. The van der Waals surface area contributed by atoms with Crippen LogP contribution in [0.15, 0.2) is 83.4 Å². The van der Waals surface area contributed by atoms with Crippen molar-refractivity contribution in [3.63, 3.8) is 0 Å². The number of carbonyl (C=O) groups is 1. The lowest BCUT2D eigenvalue weighted by atomic mass is 9.81. The molecule has 16 nitrogen and oxygen atoms in total. The molecule has 3 N–H and O–H groups in total. The number of nitrogens with one attached hydrogen (secondary N) is 3. The van der Waals surface area contributed by atoms with Gasteiger partial charge in [0.1, 0.15) is 24.0 Å². The molecule has 0 saturated carbocycles. The monoisotopic (exact) mass is 972 g/mol. The molecule has 19 heteroatoms. The summed E-state index contributed by atoms with van der Waals surface area (Å²) >= 11 is 6.25. The van der Waals surface area contributed by atoms with Gasteiger partial charge in [-0.05, 0) is 104 Å². The highest BCUT2D eigenvalue weighted by Gasteiger charge is 2.36. The quantitative estimate of drug-likeness (QED) is 0.0894. The standard InChI is InChI=1S/C48H53ClN8O8S.ClH/c1-29-3-4-34(39(21-29)31-5-7-35(49)8-6-31)27-54-15-17-55(18-16-54)36-9-10-38(41(23-36)56-26-30(2)65-48-43(56)22-33-11-14-50-46(33)52-48)47(58)53-66(61,62)37-24-42(57(59)60)45-44(25-37)64-28-40(51-45)32-12-19-63-20-13-32;/h5-11,14,22-25,29-30,32,40,51H,3-4,12-13,15-21,26-28H2,1-2H3,(H,50,52)(H,53,58);1H/t29?,30-,40+;/m1./s1. The van der Waals surface area contributed by atoms with Crippen molar-refractivity contribution >= 4 is 85.0 Å². The van der Waals surface area contributed by atoms with Gasteiger partial charge in [0.25, 0.3) is 21.6 Å². The Morgan fingerprint density at radius 3 is 2.52 bits per heavy atom. The summed E-state index contributed by atoms with van der Waals surface area (Å²) in [5.74, 6) is 0.298. The number of anilines is 4. The zero-order chi connectivity index (χ0) is 45.7. The highest BCUT2D eigenvalue weighted by atomic mass is 35.5. The van der Waals surface area contributed by atoms with E-state index in [-0.39, 0.29) is 54.1 Å². The fraction of sp³-hybridized carbons (Fsp3) is 0.417. The van der Waals surface area contributed by atoms with Crippen molar-refractivity contribution in [2.45, 2.75) is 63.0 Å². The molecule has 0 spiro atoms. The minimum Gasteiger partial charge on any atom is -0.489 e. The summed E-state index contributed by atoms with van der Waals surface area (Å²) < 4.78 is 48.2. The van der Waals surface area contributed by atoms with Gasteiger partial charge in [-0.1, -0.05) is 36.2 Å². The molecule has 2 fully saturated rings. The van der Waals surface area contributed by atoms with Crippen LogP contribution in [0.1, 0.15) is 61.9 Å². The second kappa shape index (κ2) is 19.2. The number of ether oxygens (including phenoxy) is 3. The van der Waals surface area contributed by atoms with Gasteiger partial charge in [-0.3, -0.25) is 19.8 Å². The summed E-state index contributed by atoms with van der Waals surface area (Å²) in [6.45, 7) is 9.99. The third-order valence-electron chi connectivity index (χ3n) is 13.7. The predicted molar refractivity (Wildman–Crippen MR) is 261 cm³/mol. The van der Waals surface area contributed by atoms with Crippen LogP contribution in [0.25, 0.3) is 16.6 Å². The van der Waals surface area contributed by atoms with Crippen LogP contribution in [0.3, 0.4) is 0 Å². The van der Waals surface area contributed by atoms with Crippen LogP contribution in [0.4, 0.5) is 28.4 Å². The lowest BCUT2D eigenvalue weighted by Crippen LogP contribution is -2.47. The Balaban J connectivity index is 0.00000562. The maximum atomic E-state index is 14.5. The molecule has 67 heavy (non-hydrogen) atoms. The molecule has 354 valence electrons. The van der Waals surface area contributed by atoms with Crippen molar-refractivity contribution in [1.29, 1.82) is 0 Å². The van der Waals surface area contributed by atoms with Gasteiger partial charge in [0, 0.05) is 80.4 Å². The van der Waals surface area contributed by atoms with Gasteiger partial charge in [-0.15, -0.1) is 12.4 Å². The van der Waals surface area contributed by atoms with E-state index in [0.29, 0.717) is 48.6 Å². The largest absolute Gasteiger partial charge is 0.489 e. The normalized spacial score (nSPS) is 21.3. The van der Waals surface area contributed by atoms with E-state index < -0.39 is 31.4 Å². The zero-order valence-corrected chi connectivity index (χ0v) is 39.7. The zero-order valence-electron chi connectivity index (χ0n) is 37.3. The van der Waals surface area contributed by atoms with Crippen molar-refractivity contribution in [2.24, 2.45) is 11.8 Å². The molecule has 4 aliphatic heterocycles. The lowest BCUT2D eigenvalue weighted by Gasteiger charge is -2.39. The molecule has 2 aromatic heterocycles. The van der Waals surface area contributed by atoms with Crippen molar-refractivity contribution in [2.75, 3.05) is 74.2 Å². The van der Waals surface area contributed by atoms with Gasteiger partial charge in [0.15, 0.2) is 11.4 Å². The Bertz CT molecular complexity index is 2830. The first-order valence-electron chi connectivity index (χ1n) is 22.7. The topological polar surface area (TPSA) is 184 Å². The second-order valence-corrected chi connectivity index (χ2v) is 20.3. The number of carbonyl (C=O) groups excluding carboxylic acids is 1.